The van der Waals surface area contributed by atoms with Gasteiger partial charge in [0.2, 0.25) is 5.91 Å². The van der Waals surface area contributed by atoms with Gasteiger partial charge in [0.05, 0.1) is 12.1 Å². The van der Waals surface area contributed by atoms with Crippen LogP contribution in [-0.2, 0) is 4.79 Å². The minimum atomic E-state index is -0.715. The molecule has 1 rings (SSSR count). The molecule has 0 aromatic rings. The fraction of sp³-hybridized carbons (Fsp3) is 0.833. The molecule has 1 atom stereocenters. The molecule has 1 fully saturated rings. The first kappa shape index (κ1) is 14.8. The lowest BCUT2D eigenvalue weighted by molar-refractivity contribution is -0.126. The van der Waals surface area contributed by atoms with Gasteiger partial charge in [-0.15, -0.1) is 0 Å². The van der Waals surface area contributed by atoms with E-state index in [1.165, 1.54) is 0 Å². The van der Waals surface area contributed by atoms with Crippen LogP contribution >= 0.6 is 0 Å². The summed E-state index contributed by atoms with van der Waals surface area (Å²) in [6.45, 7) is 3.60. The van der Waals surface area contributed by atoms with Crippen molar-refractivity contribution in [1.29, 1.82) is 0 Å². The van der Waals surface area contributed by atoms with Gasteiger partial charge in [-0.25, -0.2) is 4.79 Å². The van der Waals surface area contributed by atoms with Gasteiger partial charge in [0.25, 0.3) is 0 Å². The van der Waals surface area contributed by atoms with E-state index in [1.54, 1.807) is 0 Å². The number of aliphatic hydroxyl groups excluding tert-OH is 1. The van der Waals surface area contributed by atoms with Crippen molar-refractivity contribution in [1.82, 2.24) is 10.6 Å². The van der Waals surface area contributed by atoms with Gasteiger partial charge in [-0.05, 0) is 18.8 Å². The van der Waals surface area contributed by atoms with Crippen LogP contribution in [0.3, 0.4) is 0 Å². The molecule has 1 unspecified atom stereocenters. The minimum Gasteiger partial charge on any atom is -0.394 e. The Morgan fingerprint density at radius 3 is 2.28 bits per heavy atom. The van der Waals surface area contributed by atoms with Crippen LogP contribution in [0.15, 0.2) is 0 Å². The maximum atomic E-state index is 12.1. The quantitative estimate of drug-likeness (QED) is 0.561. The highest BCUT2D eigenvalue weighted by Crippen LogP contribution is 2.29. The first-order valence-electron chi connectivity index (χ1n) is 6.39. The van der Waals surface area contributed by atoms with Crippen molar-refractivity contribution in [3.8, 4) is 0 Å². The number of primary amides is 1. The van der Waals surface area contributed by atoms with Gasteiger partial charge < -0.3 is 21.5 Å². The third-order valence-electron chi connectivity index (χ3n) is 3.50. The number of rotatable bonds is 5. The summed E-state index contributed by atoms with van der Waals surface area (Å²) < 4.78 is 0. The summed E-state index contributed by atoms with van der Waals surface area (Å²) in [5, 5.41) is 14.8. The number of aliphatic hydroxyl groups is 1. The second-order valence-electron chi connectivity index (χ2n) is 5.37. The van der Waals surface area contributed by atoms with Gasteiger partial charge in [-0.2, -0.15) is 0 Å². The van der Waals surface area contributed by atoms with Crippen LogP contribution in [0.4, 0.5) is 4.79 Å². The summed E-state index contributed by atoms with van der Waals surface area (Å²) >= 11 is 0. The Labute approximate surface area is 107 Å². The highest BCUT2D eigenvalue weighted by Gasteiger charge is 2.37. The lowest BCUT2D eigenvalue weighted by Gasteiger charge is -2.31. The van der Waals surface area contributed by atoms with E-state index in [9.17, 15) is 14.7 Å². The molecular formula is C12H23N3O3. The first-order chi connectivity index (χ1) is 8.40. The second-order valence-corrected chi connectivity index (χ2v) is 5.37. The number of urea groups is 1. The molecule has 0 heterocycles. The maximum Gasteiger partial charge on any atom is 0.312 e. The molecule has 104 valence electrons. The molecule has 6 heteroatoms. The molecule has 1 aliphatic rings. The summed E-state index contributed by atoms with van der Waals surface area (Å²) in [6, 6.07) is -1.38. The van der Waals surface area contributed by atoms with E-state index in [0.717, 1.165) is 25.7 Å². The third-order valence-corrected chi connectivity index (χ3v) is 3.50. The fourth-order valence-corrected chi connectivity index (χ4v) is 2.40. The van der Waals surface area contributed by atoms with Crippen LogP contribution in [0.25, 0.3) is 0 Å². The Balaban J connectivity index is 2.68. The normalized spacial score (nSPS) is 19.6. The smallest absolute Gasteiger partial charge is 0.312 e. The Hall–Kier alpha value is -1.30. The van der Waals surface area contributed by atoms with Gasteiger partial charge in [0, 0.05) is 0 Å². The van der Waals surface area contributed by atoms with Gasteiger partial charge in [0.15, 0.2) is 0 Å². The summed E-state index contributed by atoms with van der Waals surface area (Å²) in [6.07, 6.45) is 3.54. The molecule has 0 radical (unpaired) electrons. The number of hydrogen-bond donors (Lipinski definition) is 4. The van der Waals surface area contributed by atoms with E-state index >= 15 is 0 Å². The molecule has 0 bridgehead atoms. The van der Waals surface area contributed by atoms with Crippen LogP contribution in [0, 0.1) is 5.92 Å². The van der Waals surface area contributed by atoms with E-state index < -0.39 is 17.6 Å². The average Bonchev–Trinajstić information content (AvgIpc) is 2.74. The van der Waals surface area contributed by atoms with Crippen molar-refractivity contribution < 1.29 is 14.7 Å². The molecule has 0 aromatic carbocycles. The monoisotopic (exact) mass is 257 g/mol. The number of carbonyl (C=O) groups excluding carboxylic acids is 2. The zero-order valence-electron chi connectivity index (χ0n) is 11.0. The van der Waals surface area contributed by atoms with Gasteiger partial charge >= 0.3 is 6.03 Å². The van der Waals surface area contributed by atoms with Gasteiger partial charge in [0.1, 0.15) is 6.04 Å². The summed E-state index contributed by atoms with van der Waals surface area (Å²) in [7, 11) is 0. The van der Waals surface area contributed by atoms with Crippen molar-refractivity contribution >= 4 is 11.9 Å². The largest absolute Gasteiger partial charge is 0.394 e. The molecule has 0 aliphatic heterocycles. The third kappa shape index (κ3) is 3.60. The molecule has 0 spiro atoms. The van der Waals surface area contributed by atoms with Crippen molar-refractivity contribution in [3.63, 3.8) is 0 Å². The Kier molecular flexibility index (Phi) is 4.95. The van der Waals surface area contributed by atoms with Crippen LogP contribution in [0.1, 0.15) is 39.5 Å². The lowest BCUT2D eigenvalue weighted by atomic mass is 9.96. The van der Waals surface area contributed by atoms with Crippen LogP contribution in [0.5, 0.6) is 0 Å². The molecule has 0 aromatic heterocycles. The molecular weight excluding hydrogens is 234 g/mol. The number of amides is 3. The number of nitrogens with two attached hydrogens (primary N) is 1. The van der Waals surface area contributed by atoms with E-state index in [-0.39, 0.29) is 18.4 Å². The van der Waals surface area contributed by atoms with Crippen molar-refractivity contribution in [2.75, 3.05) is 6.61 Å². The molecule has 0 saturated heterocycles. The topological polar surface area (TPSA) is 104 Å². The van der Waals surface area contributed by atoms with Gasteiger partial charge in [-0.3, -0.25) is 4.79 Å². The zero-order chi connectivity index (χ0) is 13.8. The maximum absolute atomic E-state index is 12.1. The number of carbonyl (C=O) groups is 2. The lowest BCUT2D eigenvalue weighted by Crippen LogP contribution is -2.58. The van der Waals surface area contributed by atoms with E-state index in [4.69, 9.17) is 5.73 Å². The summed E-state index contributed by atoms with van der Waals surface area (Å²) in [5.74, 6) is -0.339. The Morgan fingerprint density at radius 2 is 1.89 bits per heavy atom. The van der Waals surface area contributed by atoms with E-state index in [1.807, 2.05) is 13.8 Å². The van der Waals surface area contributed by atoms with E-state index in [2.05, 4.69) is 10.6 Å². The number of hydrogen-bond acceptors (Lipinski definition) is 3. The SMILES string of the molecule is CC(C)C(NC(N)=O)C(=O)NC1(CO)CCCC1. The van der Waals surface area contributed by atoms with Crippen LogP contribution < -0.4 is 16.4 Å². The predicted octanol–water partition coefficient (Wildman–Crippen LogP) is 0.101. The molecule has 3 amide bonds. The second kappa shape index (κ2) is 6.04. The van der Waals surface area contributed by atoms with Crippen molar-refractivity contribution in [3.05, 3.63) is 0 Å². The van der Waals surface area contributed by atoms with Crippen molar-refractivity contribution in [2.24, 2.45) is 11.7 Å². The fourth-order valence-electron chi connectivity index (χ4n) is 2.40. The molecule has 1 saturated carbocycles. The Bertz CT molecular complexity index is 312. The minimum absolute atomic E-state index is 0.0605. The standard InChI is InChI=1S/C12H23N3O3/c1-8(2)9(14-11(13)18)10(17)15-12(7-16)5-3-4-6-12/h8-9,16H,3-7H2,1-2H3,(H,15,17)(H3,13,14,18). The zero-order valence-corrected chi connectivity index (χ0v) is 11.0. The highest BCUT2D eigenvalue weighted by atomic mass is 16.3. The highest BCUT2D eigenvalue weighted by molar-refractivity contribution is 5.87. The average molecular weight is 257 g/mol. The predicted molar refractivity (Wildman–Crippen MR) is 67.8 cm³/mol. The molecule has 6 nitrogen and oxygen atoms in total. The molecule has 5 N–H and O–H groups in total. The van der Waals surface area contributed by atoms with Gasteiger partial charge in [-0.1, -0.05) is 26.7 Å². The summed E-state index contributed by atoms with van der Waals surface area (Å²) in [5.41, 5.74) is 4.54. The number of nitrogens with one attached hydrogen (secondary N) is 2. The molecule has 18 heavy (non-hydrogen) atoms. The molecule has 1 aliphatic carbocycles. The Morgan fingerprint density at radius 1 is 1.33 bits per heavy atom. The van der Waals surface area contributed by atoms with Crippen molar-refractivity contribution in [2.45, 2.75) is 51.1 Å². The summed E-state index contributed by atoms with van der Waals surface area (Å²) in [4.78, 5) is 23.0. The van der Waals surface area contributed by atoms with E-state index in [0.29, 0.717) is 0 Å². The first-order valence-corrected chi connectivity index (χ1v) is 6.39. The van der Waals surface area contributed by atoms with Crippen LogP contribution in [-0.4, -0.2) is 35.2 Å². The van der Waals surface area contributed by atoms with Crippen LogP contribution in [0.2, 0.25) is 0 Å².